The number of hydrogen-bond donors (Lipinski definition) is 2. The molecule has 2 rings (SSSR count). The number of rotatable bonds is 6. The normalized spacial score (nSPS) is 10.3. The number of benzene rings is 2. The van der Waals surface area contributed by atoms with Crippen molar-refractivity contribution < 1.29 is 19.9 Å². The van der Waals surface area contributed by atoms with E-state index >= 15 is 0 Å². The second kappa shape index (κ2) is 7.26. The first-order valence-corrected chi connectivity index (χ1v) is 6.95. The lowest BCUT2D eigenvalue weighted by Crippen LogP contribution is -2.31. The fourth-order valence-electron chi connectivity index (χ4n) is 2.21. The molecule has 0 radical (unpaired) electrons. The van der Waals surface area contributed by atoms with Crippen molar-refractivity contribution in [2.45, 2.75) is 13.0 Å². The Kier molecular flexibility index (Phi) is 5.14. The van der Waals surface area contributed by atoms with Gasteiger partial charge in [-0.3, -0.25) is 10.1 Å². The molecule has 0 saturated carbocycles. The molecule has 0 aliphatic rings. The van der Waals surface area contributed by atoms with E-state index in [0.717, 1.165) is 5.56 Å². The fourth-order valence-corrected chi connectivity index (χ4v) is 2.21. The van der Waals surface area contributed by atoms with Gasteiger partial charge in [-0.25, -0.2) is 4.79 Å². The quantitative estimate of drug-likeness (QED) is 0.629. The third-order valence-corrected chi connectivity index (χ3v) is 3.35. The number of carboxylic acid groups (broad SMARTS) is 1. The molecule has 120 valence electrons. The molecule has 0 aromatic heterocycles. The highest BCUT2D eigenvalue weighted by Gasteiger charge is 2.14. The Morgan fingerprint density at radius 1 is 1.13 bits per heavy atom. The van der Waals surface area contributed by atoms with Crippen molar-refractivity contribution in [3.05, 3.63) is 69.8 Å². The molecule has 0 aliphatic carbocycles. The standard InChI is InChI=1S/C16H16N2O5/c19-15-6-2-3-12(10-15)7-8-17(16(20)21)11-13-4-1-5-14(9-13)18(22)23/h1-6,9-10,19H,7-8,11H2,(H,20,21). The highest BCUT2D eigenvalue weighted by atomic mass is 16.6. The van der Waals surface area contributed by atoms with Crippen LogP contribution >= 0.6 is 0 Å². The summed E-state index contributed by atoms with van der Waals surface area (Å²) in [5, 5.41) is 29.5. The van der Waals surface area contributed by atoms with Crippen LogP contribution in [0.5, 0.6) is 5.75 Å². The molecule has 23 heavy (non-hydrogen) atoms. The van der Waals surface area contributed by atoms with Gasteiger partial charge in [0.05, 0.1) is 4.92 Å². The minimum absolute atomic E-state index is 0.0653. The largest absolute Gasteiger partial charge is 0.508 e. The predicted molar refractivity (Wildman–Crippen MR) is 83.3 cm³/mol. The van der Waals surface area contributed by atoms with Crippen molar-refractivity contribution in [1.82, 2.24) is 4.90 Å². The van der Waals surface area contributed by atoms with Crippen LogP contribution in [0.3, 0.4) is 0 Å². The maximum absolute atomic E-state index is 11.4. The Hall–Kier alpha value is -3.09. The summed E-state index contributed by atoms with van der Waals surface area (Å²) in [4.78, 5) is 22.8. The predicted octanol–water partition coefficient (Wildman–Crippen LogP) is 3.02. The van der Waals surface area contributed by atoms with Crippen LogP contribution in [0.2, 0.25) is 0 Å². The highest BCUT2D eigenvalue weighted by molar-refractivity contribution is 5.65. The summed E-state index contributed by atoms with van der Waals surface area (Å²) in [6.07, 6.45) is -0.660. The first kappa shape index (κ1) is 16.3. The van der Waals surface area contributed by atoms with Crippen LogP contribution in [0.4, 0.5) is 10.5 Å². The van der Waals surface area contributed by atoms with Crippen LogP contribution in [0.15, 0.2) is 48.5 Å². The van der Waals surface area contributed by atoms with Crippen molar-refractivity contribution in [2.24, 2.45) is 0 Å². The lowest BCUT2D eigenvalue weighted by atomic mass is 10.1. The number of non-ortho nitro benzene ring substituents is 1. The number of phenols is 1. The van der Waals surface area contributed by atoms with Gasteiger partial charge in [-0.1, -0.05) is 24.3 Å². The van der Waals surface area contributed by atoms with Gasteiger partial charge in [0.1, 0.15) is 5.75 Å². The lowest BCUT2D eigenvalue weighted by Gasteiger charge is -2.19. The van der Waals surface area contributed by atoms with Gasteiger partial charge in [0.25, 0.3) is 5.69 Å². The number of aromatic hydroxyl groups is 1. The molecule has 2 N–H and O–H groups in total. The molecular formula is C16H16N2O5. The van der Waals surface area contributed by atoms with E-state index in [9.17, 15) is 25.1 Å². The van der Waals surface area contributed by atoms with E-state index in [1.165, 1.54) is 23.1 Å². The number of nitrogens with zero attached hydrogens (tertiary/aromatic N) is 2. The number of hydrogen-bond acceptors (Lipinski definition) is 4. The van der Waals surface area contributed by atoms with Gasteiger partial charge in [0, 0.05) is 25.2 Å². The van der Waals surface area contributed by atoms with Crippen LogP contribution in [0, 0.1) is 10.1 Å². The van der Waals surface area contributed by atoms with Gasteiger partial charge >= 0.3 is 6.09 Å². The second-order valence-corrected chi connectivity index (χ2v) is 5.05. The molecule has 0 fully saturated rings. The number of amides is 1. The van der Waals surface area contributed by atoms with Gasteiger partial charge in [-0.15, -0.1) is 0 Å². The zero-order valence-electron chi connectivity index (χ0n) is 12.3. The van der Waals surface area contributed by atoms with Crippen LogP contribution in [-0.2, 0) is 13.0 Å². The maximum Gasteiger partial charge on any atom is 0.407 e. The molecule has 0 bridgehead atoms. The first-order valence-electron chi connectivity index (χ1n) is 6.95. The summed E-state index contributed by atoms with van der Waals surface area (Å²) in [5.74, 6) is 0.128. The molecule has 7 nitrogen and oxygen atoms in total. The van der Waals surface area contributed by atoms with Gasteiger partial charge in [0.15, 0.2) is 0 Å². The molecular weight excluding hydrogens is 300 g/mol. The summed E-state index contributed by atoms with van der Waals surface area (Å²) in [6.45, 7) is 0.289. The minimum Gasteiger partial charge on any atom is -0.508 e. The summed E-state index contributed by atoms with van der Waals surface area (Å²) in [5.41, 5.74) is 1.30. The molecule has 0 atom stereocenters. The first-order chi connectivity index (χ1) is 11.0. The van der Waals surface area contributed by atoms with E-state index in [1.54, 1.807) is 30.3 Å². The zero-order valence-corrected chi connectivity index (χ0v) is 12.3. The third kappa shape index (κ3) is 4.70. The molecule has 0 unspecified atom stereocenters. The smallest absolute Gasteiger partial charge is 0.407 e. The number of phenolic OH excluding ortho intramolecular Hbond substituents is 1. The molecule has 0 heterocycles. The highest BCUT2D eigenvalue weighted by Crippen LogP contribution is 2.16. The number of nitro benzene ring substituents is 1. The molecule has 0 spiro atoms. The van der Waals surface area contributed by atoms with Crippen molar-refractivity contribution in [3.8, 4) is 5.75 Å². The van der Waals surface area contributed by atoms with Gasteiger partial charge in [-0.05, 0) is 29.7 Å². The average Bonchev–Trinajstić information content (AvgIpc) is 2.51. The number of carbonyl (C=O) groups is 1. The summed E-state index contributed by atoms with van der Waals surface area (Å²) in [7, 11) is 0. The maximum atomic E-state index is 11.4. The third-order valence-electron chi connectivity index (χ3n) is 3.35. The lowest BCUT2D eigenvalue weighted by molar-refractivity contribution is -0.384. The molecule has 2 aromatic rings. The second-order valence-electron chi connectivity index (χ2n) is 5.05. The Morgan fingerprint density at radius 3 is 2.48 bits per heavy atom. The monoisotopic (exact) mass is 316 g/mol. The van der Waals surface area contributed by atoms with E-state index in [1.807, 2.05) is 0 Å². The Balaban J connectivity index is 2.05. The molecule has 2 aromatic carbocycles. The fraction of sp³-hybridized carbons (Fsp3) is 0.188. The molecule has 0 aliphatic heterocycles. The van der Waals surface area contributed by atoms with E-state index in [2.05, 4.69) is 0 Å². The molecule has 0 saturated heterocycles. The van der Waals surface area contributed by atoms with Crippen LogP contribution in [0.1, 0.15) is 11.1 Å². The minimum atomic E-state index is -1.10. The topological polar surface area (TPSA) is 104 Å². The molecule has 7 heteroatoms. The van der Waals surface area contributed by atoms with Gasteiger partial charge in [-0.2, -0.15) is 0 Å². The van der Waals surface area contributed by atoms with Crippen LogP contribution in [-0.4, -0.2) is 32.7 Å². The molecule has 1 amide bonds. The van der Waals surface area contributed by atoms with Gasteiger partial charge in [0.2, 0.25) is 0 Å². The van der Waals surface area contributed by atoms with Gasteiger partial charge < -0.3 is 15.1 Å². The summed E-state index contributed by atoms with van der Waals surface area (Å²) < 4.78 is 0. The van der Waals surface area contributed by atoms with Crippen molar-refractivity contribution in [1.29, 1.82) is 0 Å². The number of nitro groups is 1. The van der Waals surface area contributed by atoms with Crippen molar-refractivity contribution in [2.75, 3.05) is 6.54 Å². The zero-order chi connectivity index (χ0) is 16.8. The summed E-state index contributed by atoms with van der Waals surface area (Å²) in [6, 6.07) is 12.5. The Morgan fingerprint density at radius 2 is 1.83 bits per heavy atom. The van der Waals surface area contributed by atoms with E-state index in [0.29, 0.717) is 12.0 Å². The Bertz CT molecular complexity index is 717. The van der Waals surface area contributed by atoms with E-state index in [-0.39, 0.29) is 24.5 Å². The van der Waals surface area contributed by atoms with E-state index in [4.69, 9.17) is 0 Å². The van der Waals surface area contributed by atoms with E-state index < -0.39 is 11.0 Å². The van der Waals surface area contributed by atoms with Crippen molar-refractivity contribution in [3.63, 3.8) is 0 Å². The van der Waals surface area contributed by atoms with Crippen molar-refractivity contribution >= 4 is 11.8 Å². The van der Waals surface area contributed by atoms with Crippen LogP contribution < -0.4 is 0 Å². The average molecular weight is 316 g/mol. The summed E-state index contributed by atoms with van der Waals surface area (Å²) >= 11 is 0. The Labute approximate surface area is 132 Å². The van der Waals surface area contributed by atoms with Crippen LogP contribution in [0.25, 0.3) is 0 Å². The SMILES string of the molecule is O=C(O)N(CCc1cccc(O)c1)Cc1cccc([N+](=O)[O-])c1.